The number of carboxylic acid groups (broad SMARTS) is 1. The molecule has 0 saturated heterocycles. The molecular weight excluding hydrogens is 246 g/mol. The molecule has 0 aromatic carbocycles. The van der Waals surface area contributed by atoms with Crippen LogP contribution in [0.25, 0.3) is 0 Å². The Labute approximate surface area is 112 Å². The Morgan fingerprint density at radius 1 is 1.53 bits per heavy atom. The van der Waals surface area contributed by atoms with E-state index in [-0.39, 0.29) is 6.04 Å². The number of hydrogen-bond donors (Lipinski definition) is 2. The van der Waals surface area contributed by atoms with Gasteiger partial charge in [-0.05, 0) is 19.8 Å². The summed E-state index contributed by atoms with van der Waals surface area (Å²) in [5.74, 6) is 0.308. The molecule has 1 aliphatic carbocycles. The summed E-state index contributed by atoms with van der Waals surface area (Å²) in [5.41, 5.74) is -0.754. The fraction of sp³-hybridized carbons (Fsp3) is 0.615. The summed E-state index contributed by atoms with van der Waals surface area (Å²) in [7, 11) is 1.54. The summed E-state index contributed by atoms with van der Waals surface area (Å²) >= 11 is 0. The monoisotopic (exact) mass is 265 g/mol. The Kier molecular flexibility index (Phi) is 3.87. The molecule has 6 nitrogen and oxygen atoms in total. The van der Waals surface area contributed by atoms with Crippen LogP contribution in [0.4, 0.5) is 5.82 Å². The number of rotatable bonds is 4. The molecule has 0 spiro atoms. The minimum Gasteiger partial charge on any atom is -0.481 e. The van der Waals surface area contributed by atoms with Gasteiger partial charge in [0.2, 0.25) is 5.88 Å². The second-order valence-corrected chi connectivity index (χ2v) is 5.11. The van der Waals surface area contributed by atoms with Crippen LogP contribution in [0, 0.1) is 5.41 Å². The van der Waals surface area contributed by atoms with E-state index in [0.29, 0.717) is 18.1 Å². The molecule has 6 heteroatoms. The van der Waals surface area contributed by atoms with Crippen molar-refractivity contribution in [3.8, 4) is 5.88 Å². The fourth-order valence-electron chi connectivity index (χ4n) is 2.53. The normalized spacial score (nSPS) is 26.7. The van der Waals surface area contributed by atoms with Crippen LogP contribution < -0.4 is 10.1 Å². The Hall–Kier alpha value is -1.85. The number of nitrogens with one attached hydrogen (secondary N) is 1. The molecule has 0 bridgehead atoms. The molecule has 2 rings (SSSR count). The number of hydrogen-bond acceptors (Lipinski definition) is 5. The highest BCUT2D eigenvalue weighted by molar-refractivity contribution is 5.76. The molecule has 0 radical (unpaired) electrons. The standard InChI is InChI=1S/C13H19N3O3/c1-13(12(17)18)6-4-3-5-9(13)16-10-7-11(19-2)15-8-14-10/h7-9H,3-6H2,1-2H3,(H,17,18)(H,14,15,16). The van der Waals surface area contributed by atoms with Gasteiger partial charge in [0.1, 0.15) is 12.1 Å². The Morgan fingerprint density at radius 3 is 3.00 bits per heavy atom. The molecular formula is C13H19N3O3. The van der Waals surface area contributed by atoms with E-state index < -0.39 is 11.4 Å². The minimum absolute atomic E-state index is 0.127. The lowest BCUT2D eigenvalue weighted by Crippen LogP contribution is -2.46. The molecule has 1 fully saturated rings. The van der Waals surface area contributed by atoms with Gasteiger partial charge in [-0.15, -0.1) is 0 Å². The maximum absolute atomic E-state index is 11.5. The smallest absolute Gasteiger partial charge is 0.311 e. The summed E-state index contributed by atoms with van der Waals surface area (Å²) in [4.78, 5) is 19.5. The molecule has 2 N–H and O–H groups in total. The van der Waals surface area contributed by atoms with E-state index in [1.165, 1.54) is 13.4 Å². The summed E-state index contributed by atoms with van der Waals surface area (Å²) in [5, 5.41) is 12.7. The number of nitrogens with zero attached hydrogens (tertiary/aromatic N) is 2. The van der Waals surface area contributed by atoms with Crippen molar-refractivity contribution in [2.45, 2.75) is 38.6 Å². The van der Waals surface area contributed by atoms with Crippen LogP contribution in [-0.2, 0) is 4.79 Å². The third-order valence-corrected chi connectivity index (χ3v) is 3.87. The number of anilines is 1. The molecule has 1 aromatic rings. The predicted octanol–water partition coefficient (Wildman–Crippen LogP) is 1.93. The number of aliphatic carboxylic acids is 1. The number of methoxy groups -OCH3 is 1. The van der Waals surface area contributed by atoms with Gasteiger partial charge in [0.15, 0.2) is 0 Å². The first-order valence-corrected chi connectivity index (χ1v) is 6.42. The Bertz CT molecular complexity index is 466. The molecule has 1 aromatic heterocycles. The topological polar surface area (TPSA) is 84.3 Å². The molecule has 2 unspecified atom stereocenters. The van der Waals surface area contributed by atoms with Gasteiger partial charge in [-0.3, -0.25) is 4.79 Å². The number of carboxylic acids is 1. The predicted molar refractivity (Wildman–Crippen MR) is 70.2 cm³/mol. The molecule has 1 heterocycles. The van der Waals surface area contributed by atoms with Crippen molar-refractivity contribution in [1.29, 1.82) is 0 Å². The summed E-state index contributed by atoms with van der Waals surface area (Å²) < 4.78 is 5.04. The second kappa shape index (κ2) is 5.42. The molecule has 1 aliphatic rings. The zero-order valence-corrected chi connectivity index (χ0v) is 11.2. The average Bonchev–Trinajstić information content (AvgIpc) is 2.41. The van der Waals surface area contributed by atoms with Gasteiger partial charge in [0.25, 0.3) is 0 Å². The molecule has 1 saturated carbocycles. The van der Waals surface area contributed by atoms with E-state index in [1.54, 1.807) is 13.0 Å². The number of carbonyl (C=O) groups is 1. The quantitative estimate of drug-likeness (QED) is 0.865. The largest absolute Gasteiger partial charge is 0.481 e. The number of ether oxygens (including phenoxy) is 1. The third kappa shape index (κ3) is 2.77. The lowest BCUT2D eigenvalue weighted by Gasteiger charge is -2.38. The number of aromatic nitrogens is 2. The highest BCUT2D eigenvalue weighted by atomic mass is 16.5. The molecule has 0 aliphatic heterocycles. The fourth-order valence-corrected chi connectivity index (χ4v) is 2.53. The van der Waals surface area contributed by atoms with E-state index in [2.05, 4.69) is 15.3 Å². The maximum Gasteiger partial charge on any atom is 0.311 e. The Morgan fingerprint density at radius 2 is 2.32 bits per heavy atom. The van der Waals surface area contributed by atoms with Gasteiger partial charge in [0.05, 0.1) is 12.5 Å². The second-order valence-electron chi connectivity index (χ2n) is 5.11. The van der Waals surface area contributed by atoms with Gasteiger partial charge in [-0.1, -0.05) is 12.8 Å². The summed E-state index contributed by atoms with van der Waals surface area (Å²) in [6, 6.07) is 1.55. The van der Waals surface area contributed by atoms with Gasteiger partial charge < -0.3 is 15.2 Å². The van der Waals surface area contributed by atoms with Crippen LogP contribution in [0.3, 0.4) is 0 Å². The van der Waals surface area contributed by atoms with Crippen molar-refractivity contribution in [2.24, 2.45) is 5.41 Å². The highest BCUT2D eigenvalue weighted by Crippen LogP contribution is 2.38. The zero-order chi connectivity index (χ0) is 13.9. The molecule has 19 heavy (non-hydrogen) atoms. The van der Waals surface area contributed by atoms with Crippen LogP contribution in [0.5, 0.6) is 5.88 Å². The zero-order valence-electron chi connectivity index (χ0n) is 11.2. The van der Waals surface area contributed by atoms with E-state index in [4.69, 9.17) is 4.74 Å². The molecule has 0 amide bonds. The van der Waals surface area contributed by atoms with Gasteiger partial charge in [-0.25, -0.2) is 9.97 Å². The first-order chi connectivity index (χ1) is 9.06. The van der Waals surface area contributed by atoms with E-state index in [9.17, 15) is 9.90 Å². The lowest BCUT2D eigenvalue weighted by atomic mass is 9.71. The minimum atomic E-state index is -0.759. The van der Waals surface area contributed by atoms with Crippen LogP contribution in [0.15, 0.2) is 12.4 Å². The average molecular weight is 265 g/mol. The summed E-state index contributed by atoms with van der Waals surface area (Å²) in [6.07, 6.45) is 4.90. The Balaban J connectivity index is 2.17. The van der Waals surface area contributed by atoms with Gasteiger partial charge in [0, 0.05) is 12.1 Å². The van der Waals surface area contributed by atoms with Crippen LogP contribution in [-0.4, -0.2) is 34.2 Å². The third-order valence-electron chi connectivity index (χ3n) is 3.87. The van der Waals surface area contributed by atoms with Gasteiger partial charge >= 0.3 is 5.97 Å². The van der Waals surface area contributed by atoms with Crippen LogP contribution in [0.1, 0.15) is 32.6 Å². The van der Waals surface area contributed by atoms with Gasteiger partial charge in [-0.2, -0.15) is 0 Å². The first-order valence-electron chi connectivity index (χ1n) is 6.42. The van der Waals surface area contributed by atoms with E-state index in [0.717, 1.165) is 19.3 Å². The lowest BCUT2D eigenvalue weighted by molar-refractivity contribution is -0.150. The van der Waals surface area contributed by atoms with E-state index in [1.807, 2.05) is 0 Å². The van der Waals surface area contributed by atoms with Crippen molar-refractivity contribution in [3.63, 3.8) is 0 Å². The van der Waals surface area contributed by atoms with Crippen molar-refractivity contribution in [1.82, 2.24) is 9.97 Å². The first kappa shape index (κ1) is 13.6. The molecule has 104 valence electrons. The van der Waals surface area contributed by atoms with Crippen molar-refractivity contribution in [2.75, 3.05) is 12.4 Å². The van der Waals surface area contributed by atoms with Crippen LogP contribution >= 0.6 is 0 Å². The highest BCUT2D eigenvalue weighted by Gasteiger charge is 2.43. The van der Waals surface area contributed by atoms with Crippen molar-refractivity contribution >= 4 is 11.8 Å². The van der Waals surface area contributed by atoms with E-state index >= 15 is 0 Å². The van der Waals surface area contributed by atoms with Crippen LogP contribution in [0.2, 0.25) is 0 Å². The molecule has 2 atom stereocenters. The van der Waals surface area contributed by atoms with Crippen molar-refractivity contribution < 1.29 is 14.6 Å². The maximum atomic E-state index is 11.5. The SMILES string of the molecule is COc1cc(NC2CCCCC2(C)C(=O)O)ncn1. The van der Waals surface area contributed by atoms with Crippen molar-refractivity contribution in [3.05, 3.63) is 12.4 Å². The summed E-state index contributed by atoms with van der Waals surface area (Å²) in [6.45, 7) is 1.80.